The summed E-state index contributed by atoms with van der Waals surface area (Å²) < 4.78 is 22.1. The van der Waals surface area contributed by atoms with E-state index in [1.165, 1.54) is 86.5 Å². The minimum atomic E-state index is -0.489. The van der Waals surface area contributed by atoms with Gasteiger partial charge in [-0.15, -0.1) is 0 Å². The first kappa shape index (κ1) is 72.9. The Bertz CT molecular complexity index is 3800. The van der Waals surface area contributed by atoms with Crippen molar-refractivity contribution in [2.45, 2.75) is 162 Å². The molecule has 0 atom stereocenters. The topological polar surface area (TPSA) is 313 Å². The SMILES string of the molecule is C.CC1CCC(C2CCC(OC(=O)c3cc(N)cc(N)c3)CC2)CC1.CC1CCC(c2ccc(OC(=O)c3cc(N)cc(N)c3)cc2)CC1.Cc1ccc(-c2ccc(OC(=O)c3cc(N)cc(N)c3)cc2)cc1.Cc1ccc(C2CCC(OC(=O)c3cc(N)cc(N)c3)CC2)cc1. The Labute approximate surface area is 573 Å². The van der Waals surface area contributed by atoms with Gasteiger partial charge in [-0.1, -0.05) is 131 Å². The van der Waals surface area contributed by atoms with Gasteiger partial charge in [0.05, 0.1) is 22.3 Å². The number of aryl methyl sites for hydroxylation is 2. The van der Waals surface area contributed by atoms with Crippen molar-refractivity contribution >= 4 is 69.4 Å². The predicted octanol–water partition coefficient (Wildman–Crippen LogP) is 17.5. The fourth-order valence-electron chi connectivity index (χ4n) is 13.6. The molecular formula is C81H100N8O8. The number of esters is 4. The first-order valence-corrected chi connectivity index (χ1v) is 33.9. The van der Waals surface area contributed by atoms with Gasteiger partial charge in [0.2, 0.25) is 0 Å². The van der Waals surface area contributed by atoms with Crippen LogP contribution in [-0.2, 0) is 9.47 Å². The summed E-state index contributed by atoms with van der Waals surface area (Å²) >= 11 is 0. The number of benzene rings is 8. The Morgan fingerprint density at radius 2 is 0.557 bits per heavy atom. The molecule has 16 nitrogen and oxygen atoms in total. The quantitative estimate of drug-likeness (QED) is 0.0320. The molecule has 4 aliphatic rings. The highest BCUT2D eigenvalue weighted by Gasteiger charge is 2.32. The maximum absolute atomic E-state index is 12.3. The summed E-state index contributed by atoms with van der Waals surface area (Å²) in [6, 6.07) is 51.4. The predicted molar refractivity (Wildman–Crippen MR) is 395 cm³/mol. The Morgan fingerprint density at radius 3 is 0.897 bits per heavy atom. The molecule has 4 fully saturated rings. The standard InChI is InChI=1S/C20H30N2O2.2C20H24N2O2.C20H18N2O2.CH4/c4*1-13-2-4-14(5-3-13)15-6-8-19(9-7-15)24-20(23)16-10-17(21)12-18(22)11-16;/h10-15,19H,2-9,21-22H2,1H3;6-14H,2-5,21-22H2,1H3;2-5,10-12,15,19H,6-9,21-22H2,1H3;2-12H,21-22H2,1H3;1H4. The summed E-state index contributed by atoms with van der Waals surface area (Å²) in [5, 5.41) is 0. The number of carbonyl (C=O) groups is 4. The van der Waals surface area contributed by atoms with E-state index < -0.39 is 11.9 Å². The van der Waals surface area contributed by atoms with Gasteiger partial charge in [-0.05, 0) is 246 Å². The van der Waals surface area contributed by atoms with Gasteiger partial charge in [0.1, 0.15) is 23.7 Å². The maximum Gasteiger partial charge on any atom is 0.343 e. The highest BCUT2D eigenvalue weighted by atomic mass is 16.6. The lowest BCUT2D eigenvalue weighted by Crippen LogP contribution is -2.29. The molecule has 8 aromatic carbocycles. The zero-order chi connectivity index (χ0) is 68.4. The van der Waals surface area contributed by atoms with Crippen LogP contribution in [0.15, 0.2) is 170 Å². The third kappa shape index (κ3) is 22.0. The van der Waals surface area contributed by atoms with Gasteiger partial charge in [-0.2, -0.15) is 0 Å². The van der Waals surface area contributed by atoms with Crippen LogP contribution in [0.2, 0.25) is 0 Å². The molecule has 0 bridgehead atoms. The summed E-state index contributed by atoms with van der Waals surface area (Å²) in [7, 11) is 0. The first-order chi connectivity index (χ1) is 46.0. The van der Waals surface area contributed by atoms with Crippen molar-refractivity contribution in [2.24, 2.45) is 23.7 Å². The Balaban J connectivity index is 0.000000165. The molecule has 0 unspecified atom stereocenters. The molecule has 16 heteroatoms. The van der Waals surface area contributed by atoms with Crippen molar-refractivity contribution in [1.29, 1.82) is 0 Å². The molecule has 8 aromatic rings. The van der Waals surface area contributed by atoms with Crippen LogP contribution in [0.25, 0.3) is 11.1 Å². The lowest BCUT2D eigenvalue weighted by Gasteiger charge is -2.37. The van der Waals surface area contributed by atoms with E-state index in [4.69, 9.17) is 64.8 Å². The van der Waals surface area contributed by atoms with Crippen molar-refractivity contribution in [1.82, 2.24) is 0 Å². The number of ether oxygens (including phenoxy) is 4. The van der Waals surface area contributed by atoms with Crippen molar-refractivity contribution in [2.75, 3.05) is 45.9 Å². The van der Waals surface area contributed by atoms with Gasteiger partial charge in [0.25, 0.3) is 0 Å². The summed E-state index contributed by atoms with van der Waals surface area (Å²) in [5.74, 6) is 4.08. The van der Waals surface area contributed by atoms with Crippen LogP contribution in [-0.4, -0.2) is 36.1 Å². The van der Waals surface area contributed by atoms with Crippen LogP contribution in [0.3, 0.4) is 0 Å². The van der Waals surface area contributed by atoms with Crippen LogP contribution in [0.1, 0.15) is 200 Å². The van der Waals surface area contributed by atoms with E-state index in [1.807, 2.05) is 24.3 Å². The number of nitrogens with two attached hydrogens (primary N) is 8. The lowest BCUT2D eigenvalue weighted by atomic mass is 9.71. The zero-order valence-corrected chi connectivity index (χ0v) is 56.0. The Kier molecular flexibility index (Phi) is 26.0. The molecule has 16 N–H and O–H groups in total. The molecule has 0 spiro atoms. The first-order valence-electron chi connectivity index (χ1n) is 33.9. The number of rotatable bonds is 12. The van der Waals surface area contributed by atoms with E-state index in [0.717, 1.165) is 73.3 Å². The number of nitrogen functional groups attached to an aromatic ring is 8. The molecule has 4 aliphatic carbocycles. The van der Waals surface area contributed by atoms with E-state index in [0.29, 0.717) is 91.1 Å². The number of hydrogen-bond donors (Lipinski definition) is 8. The molecule has 4 saturated carbocycles. The summed E-state index contributed by atoms with van der Waals surface area (Å²) in [4.78, 5) is 49.0. The average molecular weight is 1310 g/mol. The Morgan fingerprint density at radius 1 is 0.309 bits per heavy atom. The molecule has 512 valence electrons. The largest absolute Gasteiger partial charge is 0.459 e. The Hall–Kier alpha value is -9.96. The van der Waals surface area contributed by atoms with Gasteiger partial charge in [0.15, 0.2) is 0 Å². The van der Waals surface area contributed by atoms with Gasteiger partial charge in [0, 0.05) is 45.5 Å². The average Bonchev–Trinajstić information content (AvgIpc) is 1.25. The lowest BCUT2D eigenvalue weighted by molar-refractivity contribution is 0.0110. The summed E-state index contributed by atoms with van der Waals surface area (Å²) in [6.07, 6.45) is 18.8. The zero-order valence-electron chi connectivity index (χ0n) is 56.0. The molecular weight excluding hydrogens is 1210 g/mol. The van der Waals surface area contributed by atoms with Crippen molar-refractivity contribution < 1.29 is 38.1 Å². The summed E-state index contributed by atoms with van der Waals surface area (Å²) in [6.45, 7) is 8.84. The fourth-order valence-corrected chi connectivity index (χ4v) is 13.6. The molecule has 0 radical (unpaired) electrons. The second-order valence-electron chi connectivity index (χ2n) is 27.0. The van der Waals surface area contributed by atoms with E-state index in [9.17, 15) is 19.2 Å². The van der Waals surface area contributed by atoms with Gasteiger partial charge in [-0.25, -0.2) is 19.2 Å². The minimum Gasteiger partial charge on any atom is -0.459 e. The molecule has 0 amide bonds. The van der Waals surface area contributed by atoms with Crippen molar-refractivity contribution in [3.63, 3.8) is 0 Å². The smallest absolute Gasteiger partial charge is 0.343 e. The van der Waals surface area contributed by atoms with Crippen LogP contribution in [0.4, 0.5) is 45.5 Å². The van der Waals surface area contributed by atoms with Gasteiger partial charge < -0.3 is 64.8 Å². The highest BCUT2D eigenvalue weighted by Crippen LogP contribution is 2.41. The van der Waals surface area contributed by atoms with Crippen molar-refractivity contribution in [3.05, 3.63) is 214 Å². The van der Waals surface area contributed by atoms with Crippen LogP contribution in [0.5, 0.6) is 11.5 Å². The number of hydrogen-bond acceptors (Lipinski definition) is 16. The van der Waals surface area contributed by atoms with Crippen LogP contribution >= 0.6 is 0 Å². The van der Waals surface area contributed by atoms with Crippen molar-refractivity contribution in [3.8, 4) is 22.6 Å². The summed E-state index contributed by atoms with van der Waals surface area (Å²) in [5.41, 5.74) is 58.4. The van der Waals surface area contributed by atoms with E-state index in [2.05, 4.69) is 88.4 Å². The normalized spacial score (nSPS) is 20.3. The second-order valence-corrected chi connectivity index (χ2v) is 27.0. The highest BCUT2D eigenvalue weighted by molar-refractivity contribution is 5.95. The molecule has 0 saturated heterocycles. The van der Waals surface area contributed by atoms with E-state index in [1.54, 1.807) is 84.9 Å². The van der Waals surface area contributed by atoms with Gasteiger partial charge >= 0.3 is 23.9 Å². The number of carbonyl (C=O) groups excluding carboxylic acids is 4. The van der Waals surface area contributed by atoms with E-state index in [-0.39, 0.29) is 31.6 Å². The maximum atomic E-state index is 12.3. The van der Waals surface area contributed by atoms with E-state index >= 15 is 0 Å². The number of anilines is 8. The molecule has 0 heterocycles. The minimum absolute atomic E-state index is 0. The monoisotopic (exact) mass is 1310 g/mol. The molecule has 0 aromatic heterocycles. The van der Waals surface area contributed by atoms with Crippen LogP contribution in [0, 0.1) is 37.5 Å². The molecule has 97 heavy (non-hydrogen) atoms. The molecule has 0 aliphatic heterocycles. The molecule has 12 rings (SSSR count). The van der Waals surface area contributed by atoms with Gasteiger partial charge in [-0.3, -0.25) is 0 Å². The second kappa shape index (κ2) is 34.6. The third-order valence-corrected chi connectivity index (χ3v) is 19.1. The van der Waals surface area contributed by atoms with Crippen LogP contribution < -0.4 is 55.3 Å². The third-order valence-electron chi connectivity index (χ3n) is 19.1. The fraction of sp³-hybridized carbons (Fsp3) is 0.358.